The fraction of sp³-hybridized carbons (Fsp3) is 0.188. The van der Waals surface area contributed by atoms with Crippen molar-refractivity contribution in [1.29, 1.82) is 0 Å². The fourth-order valence-corrected chi connectivity index (χ4v) is 2.21. The molecule has 0 aliphatic rings. The van der Waals surface area contributed by atoms with Gasteiger partial charge < -0.3 is 5.32 Å². The first-order chi connectivity index (χ1) is 10.3. The topological polar surface area (TPSA) is 29.1 Å². The van der Waals surface area contributed by atoms with Crippen molar-refractivity contribution >= 4 is 17.5 Å². The molecule has 116 valence electrons. The highest BCUT2D eigenvalue weighted by Gasteiger charge is 2.31. The van der Waals surface area contributed by atoms with Crippen molar-refractivity contribution in [3.63, 3.8) is 0 Å². The lowest BCUT2D eigenvalue weighted by atomic mass is 9.95. The summed E-state index contributed by atoms with van der Waals surface area (Å²) in [5.41, 5.74) is 0.825. The van der Waals surface area contributed by atoms with E-state index < -0.39 is 11.7 Å². The standard InChI is InChI=1S/C16H13ClF3NO/c1-21-15(22)9-11-8-12(16(18,19)20)4-7-14(11)10-2-5-13(17)6-3-10/h2-8H,9H2,1H3,(H,21,22). The fourth-order valence-electron chi connectivity index (χ4n) is 2.09. The number of hydrogen-bond acceptors (Lipinski definition) is 1. The molecule has 0 unspecified atom stereocenters. The highest BCUT2D eigenvalue weighted by Crippen LogP contribution is 2.34. The van der Waals surface area contributed by atoms with E-state index in [-0.39, 0.29) is 12.3 Å². The summed E-state index contributed by atoms with van der Waals surface area (Å²) in [5.74, 6) is -0.352. The molecule has 0 aromatic heterocycles. The Morgan fingerprint density at radius 3 is 2.32 bits per heavy atom. The molecule has 0 bridgehead atoms. The van der Waals surface area contributed by atoms with Crippen molar-refractivity contribution in [2.45, 2.75) is 12.6 Å². The molecule has 6 heteroatoms. The average molecular weight is 328 g/mol. The minimum atomic E-state index is -4.45. The van der Waals surface area contributed by atoms with Crippen LogP contribution in [0.4, 0.5) is 13.2 Å². The van der Waals surface area contributed by atoms with E-state index >= 15 is 0 Å². The molecule has 0 fully saturated rings. The van der Waals surface area contributed by atoms with Crippen molar-refractivity contribution < 1.29 is 18.0 Å². The third-order valence-electron chi connectivity index (χ3n) is 3.22. The lowest BCUT2D eigenvalue weighted by Crippen LogP contribution is -2.20. The van der Waals surface area contributed by atoms with Gasteiger partial charge >= 0.3 is 6.18 Å². The molecular weight excluding hydrogens is 315 g/mol. The van der Waals surface area contributed by atoms with E-state index in [2.05, 4.69) is 5.32 Å². The van der Waals surface area contributed by atoms with Crippen LogP contribution in [0.2, 0.25) is 5.02 Å². The van der Waals surface area contributed by atoms with Gasteiger partial charge in [-0.15, -0.1) is 0 Å². The van der Waals surface area contributed by atoms with Crippen LogP contribution < -0.4 is 5.32 Å². The summed E-state index contributed by atoms with van der Waals surface area (Å²) >= 11 is 5.82. The van der Waals surface area contributed by atoms with Gasteiger partial charge in [0.2, 0.25) is 5.91 Å². The molecule has 2 aromatic rings. The number of nitrogens with one attached hydrogen (secondary N) is 1. The first-order valence-electron chi connectivity index (χ1n) is 6.48. The molecule has 2 rings (SSSR count). The van der Waals surface area contributed by atoms with Gasteiger partial charge in [0.15, 0.2) is 0 Å². The number of likely N-dealkylation sites (N-methyl/N-ethyl adjacent to an activating group) is 1. The van der Waals surface area contributed by atoms with Crippen LogP contribution in [0.1, 0.15) is 11.1 Å². The van der Waals surface area contributed by atoms with Crippen LogP contribution in [0.15, 0.2) is 42.5 Å². The van der Waals surface area contributed by atoms with Crippen LogP contribution in [0.5, 0.6) is 0 Å². The van der Waals surface area contributed by atoms with E-state index in [9.17, 15) is 18.0 Å². The van der Waals surface area contributed by atoms with Gasteiger partial charge in [-0.3, -0.25) is 4.79 Å². The number of amides is 1. The Balaban J connectivity index is 2.52. The van der Waals surface area contributed by atoms with Crippen molar-refractivity contribution in [1.82, 2.24) is 5.32 Å². The second kappa shape index (κ2) is 6.40. The molecule has 1 amide bonds. The van der Waals surface area contributed by atoms with Gasteiger partial charge in [0.25, 0.3) is 0 Å². The average Bonchev–Trinajstić information content (AvgIpc) is 2.47. The first kappa shape index (κ1) is 16.4. The highest BCUT2D eigenvalue weighted by molar-refractivity contribution is 6.30. The first-order valence-corrected chi connectivity index (χ1v) is 6.85. The Morgan fingerprint density at radius 1 is 1.14 bits per heavy atom. The predicted molar refractivity (Wildman–Crippen MR) is 79.7 cm³/mol. The maximum atomic E-state index is 12.9. The third kappa shape index (κ3) is 3.80. The Bertz CT molecular complexity index is 681. The van der Waals surface area contributed by atoms with Gasteiger partial charge in [-0.25, -0.2) is 0 Å². The SMILES string of the molecule is CNC(=O)Cc1cc(C(F)(F)F)ccc1-c1ccc(Cl)cc1. The minimum Gasteiger partial charge on any atom is -0.359 e. The quantitative estimate of drug-likeness (QED) is 0.894. The van der Waals surface area contributed by atoms with E-state index in [1.54, 1.807) is 24.3 Å². The summed E-state index contributed by atoms with van der Waals surface area (Å²) in [6.45, 7) is 0. The number of carbonyl (C=O) groups is 1. The van der Waals surface area contributed by atoms with Crippen LogP contribution in [0, 0.1) is 0 Å². The summed E-state index contributed by atoms with van der Waals surface area (Å²) < 4.78 is 38.6. The van der Waals surface area contributed by atoms with Crippen LogP contribution in [-0.2, 0) is 17.4 Å². The molecular formula is C16H13ClF3NO. The molecule has 0 saturated heterocycles. The summed E-state index contributed by atoms with van der Waals surface area (Å²) in [6.07, 6.45) is -4.58. The molecule has 2 nitrogen and oxygen atoms in total. The number of carbonyl (C=O) groups excluding carboxylic acids is 1. The predicted octanol–water partition coefficient (Wildman–Crippen LogP) is 4.31. The Hall–Kier alpha value is -2.01. The highest BCUT2D eigenvalue weighted by atomic mass is 35.5. The van der Waals surface area contributed by atoms with E-state index in [1.165, 1.54) is 13.1 Å². The largest absolute Gasteiger partial charge is 0.416 e. The van der Waals surface area contributed by atoms with E-state index in [1.807, 2.05) is 0 Å². The molecule has 22 heavy (non-hydrogen) atoms. The zero-order chi connectivity index (χ0) is 16.3. The lowest BCUT2D eigenvalue weighted by molar-refractivity contribution is -0.137. The normalized spacial score (nSPS) is 11.3. The number of benzene rings is 2. The Kier molecular flexibility index (Phi) is 4.76. The summed E-state index contributed by atoms with van der Waals surface area (Å²) in [4.78, 5) is 11.6. The van der Waals surface area contributed by atoms with Crippen LogP contribution in [0.25, 0.3) is 11.1 Å². The van der Waals surface area contributed by atoms with E-state index in [4.69, 9.17) is 11.6 Å². The molecule has 0 aliphatic heterocycles. The Morgan fingerprint density at radius 2 is 1.77 bits per heavy atom. The van der Waals surface area contributed by atoms with Crippen molar-refractivity contribution in [3.8, 4) is 11.1 Å². The number of alkyl halides is 3. The minimum absolute atomic E-state index is 0.127. The molecule has 0 atom stereocenters. The van der Waals surface area contributed by atoms with Crippen LogP contribution in [-0.4, -0.2) is 13.0 Å². The monoisotopic (exact) mass is 327 g/mol. The molecule has 0 aliphatic carbocycles. The zero-order valence-electron chi connectivity index (χ0n) is 11.7. The van der Waals surface area contributed by atoms with Gasteiger partial charge in [0.05, 0.1) is 12.0 Å². The maximum Gasteiger partial charge on any atom is 0.416 e. The van der Waals surface area contributed by atoms with Gasteiger partial charge in [0, 0.05) is 12.1 Å². The molecule has 0 heterocycles. The van der Waals surface area contributed by atoms with E-state index in [0.717, 1.165) is 12.1 Å². The second-order valence-corrected chi connectivity index (χ2v) is 5.16. The van der Waals surface area contributed by atoms with Gasteiger partial charge in [0.1, 0.15) is 0 Å². The molecule has 2 aromatic carbocycles. The van der Waals surface area contributed by atoms with Gasteiger partial charge in [-0.2, -0.15) is 13.2 Å². The smallest absolute Gasteiger partial charge is 0.359 e. The number of hydrogen-bond donors (Lipinski definition) is 1. The summed E-state index contributed by atoms with van der Waals surface area (Å²) in [5, 5.41) is 2.95. The number of halogens is 4. The zero-order valence-corrected chi connectivity index (χ0v) is 12.4. The Labute approximate surface area is 130 Å². The van der Waals surface area contributed by atoms with Crippen LogP contribution >= 0.6 is 11.6 Å². The molecule has 0 spiro atoms. The van der Waals surface area contributed by atoms with E-state index in [0.29, 0.717) is 21.7 Å². The van der Waals surface area contributed by atoms with Gasteiger partial charge in [-0.05, 0) is 41.0 Å². The number of rotatable bonds is 3. The third-order valence-corrected chi connectivity index (χ3v) is 3.47. The molecule has 1 N–H and O–H groups in total. The molecule has 0 saturated carbocycles. The second-order valence-electron chi connectivity index (χ2n) is 4.73. The summed E-state index contributed by atoms with van der Waals surface area (Å²) in [7, 11) is 1.44. The van der Waals surface area contributed by atoms with Crippen molar-refractivity contribution in [3.05, 3.63) is 58.6 Å². The maximum absolute atomic E-state index is 12.9. The lowest BCUT2D eigenvalue weighted by Gasteiger charge is -2.14. The molecule has 0 radical (unpaired) electrons. The van der Waals surface area contributed by atoms with Crippen molar-refractivity contribution in [2.24, 2.45) is 0 Å². The van der Waals surface area contributed by atoms with Gasteiger partial charge in [-0.1, -0.05) is 29.8 Å². The van der Waals surface area contributed by atoms with Crippen molar-refractivity contribution in [2.75, 3.05) is 7.05 Å². The van der Waals surface area contributed by atoms with Crippen LogP contribution in [0.3, 0.4) is 0 Å². The summed E-state index contributed by atoms with van der Waals surface area (Å²) in [6, 6.07) is 10.1.